The Morgan fingerprint density at radius 1 is 1.36 bits per heavy atom. The van der Waals surface area contributed by atoms with Gasteiger partial charge in [0.1, 0.15) is 9.84 Å². The average Bonchev–Trinajstić information content (AvgIpc) is 1.60. The highest BCUT2D eigenvalue weighted by atomic mass is 35.5. The van der Waals surface area contributed by atoms with Gasteiger partial charge in [-0.15, -0.1) is 12.4 Å². The average molecular weight is 202 g/mol. The van der Waals surface area contributed by atoms with Crippen LogP contribution in [0.25, 0.3) is 0 Å². The second kappa shape index (κ2) is 4.28. The number of nitrogens with two attached hydrogens (primary N) is 1. The van der Waals surface area contributed by atoms with E-state index in [-0.39, 0.29) is 23.6 Å². The minimum atomic E-state index is -2.87. The third-order valence-corrected chi connectivity index (χ3v) is 2.51. The van der Waals surface area contributed by atoms with Gasteiger partial charge in [0.05, 0.1) is 5.75 Å². The summed E-state index contributed by atoms with van der Waals surface area (Å²) in [5.74, 6) is 0.163. The fourth-order valence-electron chi connectivity index (χ4n) is 0.769. The SMILES string of the molecule is CC(C)(CN)CS(C)(=O)=O.Cl. The van der Waals surface area contributed by atoms with Gasteiger partial charge in [0.25, 0.3) is 0 Å². The monoisotopic (exact) mass is 201 g/mol. The Morgan fingerprint density at radius 3 is 1.82 bits per heavy atom. The van der Waals surface area contributed by atoms with E-state index in [4.69, 9.17) is 5.73 Å². The molecule has 0 fully saturated rings. The highest BCUT2D eigenvalue weighted by Gasteiger charge is 2.21. The first-order chi connectivity index (χ1) is 4.27. The van der Waals surface area contributed by atoms with Gasteiger partial charge < -0.3 is 5.73 Å². The van der Waals surface area contributed by atoms with Gasteiger partial charge in [-0.3, -0.25) is 0 Å². The van der Waals surface area contributed by atoms with Gasteiger partial charge in [-0.1, -0.05) is 13.8 Å². The summed E-state index contributed by atoms with van der Waals surface area (Å²) < 4.78 is 21.5. The third kappa shape index (κ3) is 8.10. The lowest BCUT2D eigenvalue weighted by Crippen LogP contribution is -2.31. The molecule has 2 N–H and O–H groups in total. The van der Waals surface area contributed by atoms with Crippen molar-refractivity contribution in [3.05, 3.63) is 0 Å². The molecule has 5 heteroatoms. The van der Waals surface area contributed by atoms with Crippen molar-refractivity contribution in [1.29, 1.82) is 0 Å². The maximum absolute atomic E-state index is 10.8. The molecule has 0 spiro atoms. The quantitative estimate of drug-likeness (QED) is 0.721. The Hall–Kier alpha value is 0.200. The first kappa shape index (κ1) is 13.8. The fraction of sp³-hybridized carbons (Fsp3) is 1.00. The van der Waals surface area contributed by atoms with Crippen molar-refractivity contribution < 1.29 is 8.42 Å². The lowest BCUT2D eigenvalue weighted by molar-refractivity contribution is 0.426. The Kier molecular flexibility index (Phi) is 5.36. The van der Waals surface area contributed by atoms with E-state index in [1.54, 1.807) is 0 Å². The Morgan fingerprint density at radius 2 is 1.73 bits per heavy atom. The summed E-state index contributed by atoms with van der Waals surface area (Å²) in [5.41, 5.74) is 5.06. The Balaban J connectivity index is 0. The van der Waals surface area contributed by atoms with Crippen LogP contribution in [0.4, 0.5) is 0 Å². The second-order valence-electron chi connectivity index (χ2n) is 3.44. The van der Waals surface area contributed by atoms with Gasteiger partial charge in [-0.25, -0.2) is 8.42 Å². The van der Waals surface area contributed by atoms with Crippen LogP contribution in [0.3, 0.4) is 0 Å². The van der Waals surface area contributed by atoms with Gasteiger partial charge in [-0.05, 0) is 12.0 Å². The zero-order valence-corrected chi connectivity index (χ0v) is 8.76. The summed E-state index contributed by atoms with van der Waals surface area (Å²) in [6.07, 6.45) is 1.23. The lowest BCUT2D eigenvalue weighted by atomic mass is 9.97. The smallest absolute Gasteiger partial charge is 0.148 e. The zero-order chi connectivity index (χ0) is 8.41. The van der Waals surface area contributed by atoms with E-state index in [1.165, 1.54) is 6.26 Å². The normalized spacial score (nSPS) is 12.4. The van der Waals surface area contributed by atoms with Crippen LogP contribution in [0.5, 0.6) is 0 Å². The van der Waals surface area contributed by atoms with Gasteiger partial charge in [0, 0.05) is 6.26 Å². The molecule has 70 valence electrons. The summed E-state index contributed by atoms with van der Waals surface area (Å²) in [6, 6.07) is 0. The minimum absolute atomic E-state index is 0. The molecule has 0 heterocycles. The Labute approximate surface area is 74.7 Å². The lowest BCUT2D eigenvalue weighted by Gasteiger charge is -2.20. The van der Waals surface area contributed by atoms with Crippen molar-refractivity contribution in [1.82, 2.24) is 0 Å². The standard InChI is InChI=1S/C6H15NO2S.ClH/c1-6(2,4-7)5-10(3,8)9;/h4-5,7H2,1-3H3;1H. The molecule has 0 atom stereocenters. The molecule has 0 aromatic heterocycles. The highest BCUT2D eigenvalue weighted by Crippen LogP contribution is 2.14. The van der Waals surface area contributed by atoms with Gasteiger partial charge >= 0.3 is 0 Å². The molecule has 11 heavy (non-hydrogen) atoms. The number of rotatable bonds is 3. The highest BCUT2D eigenvalue weighted by molar-refractivity contribution is 7.90. The molecule has 0 aromatic rings. The molecule has 0 aliphatic rings. The van der Waals surface area contributed by atoms with E-state index < -0.39 is 9.84 Å². The van der Waals surface area contributed by atoms with E-state index in [9.17, 15) is 8.42 Å². The van der Waals surface area contributed by atoms with Crippen molar-refractivity contribution in [2.24, 2.45) is 11.1 Å². The molecule has 0 saturated carbocycles. The number of hydrogen-bond acceptors (Lipinski definition) is 3. The van der Waals surface area contributed by atoms with Crippen LogP contribution in [0, 0.1) is 5.41 Å². The van der Waals surface area contributed by atoms with Crippen molar-refractivity contribution in [3.8, 4) is 0 Å². The van der Waals surface area contributed by atoms with Crippen molar-refractivity contribution in [2.45, 2.75) is 13.8 Å². The Bertz CT molecular complexity index is 199. The van der Waals surface area contributed by atoms with E-state index >= 15 is 0 Å². The molecule has 0 amide bonds. The van der Waals surface area contributed by atoms with E-state index in [0.29, 0.717) is 6.54 Å². The third-order valence-electron chi connectivity index (χ3n) is 1.21. The van der Waals surface area contributed by atoms with Gasteiger partial charge in [-0.2, -0.15) is 0 Å². The maximum Gasteiger partial charge on any atom is 0.148 e. The summed E-state index contributed by atoms with van der Waals surface area (Å²) in [5, 5.41) is 0. The summed E-state index contributed by atoms with van der Waals surface area (Å²) in [7, 11) is -2.87. The predicted octanol–water partition coefficient (Wildman–Crippen LogP) is 0.438. The summed E-state index contributed by atoms with van der Waals surface area (Å²) in [4.78, 5) is 0. The number of halogens is 1. The van der Waals surface area contributed by atoms with Crippen molar-refractivity contribution in [3.63, 3.8) is 0 Å². The zero-order valence-electron chi connectivity index (χ0n) is 7.12. The topological polar surface area (TPSA) is 60.2 Å². The van der Waals surface area contributed by atoms with Crippen LogP contribution in [0.15, 0.2) is 0 Å². The van der Waals surface area contributed by atoms with Gasteiger partial charge in [0.2, 0.25) is 0 Å². The number of hydrogen-bond donors (Lipinski definition) is 1. The molecule has 0 saturated heterocycles. The molecule has 0 bridgehead atoms. The van der Waals surface area contributed by atoms with Crippen LogP contribution in [0.1, 0.15) is 13.8 Å². The fourth-order valence-corrected chi connectivity index (χ4v) is 2.31. The predicted molar refractivity (Wildman–Crippen MR) is 49.8 cm³/mol. The molecular formula is C6H16ClNO2S. The molecule has 0 radical (unpaired) electrons. The maximum atomic E-state index is 10.8. The first-order valence-electron chi connectivity index (χ1n) is 3.15. The van der Waals surface area contributed by atoms with Crippen molar-refractivity contribution in [2.75, 3.05) is 18.6 Å². The minimum Gasteiger partial charge on any atom is -0.330 e. The molecule has 0 aliphatic carbocycles. The van der Waals surface area contributed by atoms with E-state index in [1.807, 2.05) is 13.8 Å². The molecule has 0 aromatic carbocycles. The van der Waals surface area contributed by atoms with Gasteiger partial charge in [0.15, 0.2) is 0 Å². The first-order valence-corrected chi connectivity index (χ1v) is 5.21. The van der Waals surface area contributed by atoms with Crippen LogP contribution < -0.4 is 5.73 Å². The molecular weight excluding hydrogens is 186 g/mol. The van der Waals surface area contributed by atoms with Crippen LogP contribution in [-0.2, 0) is 9.84 Å². The summed E-state index contributed by atoms with van der Waals surface area (Å²) in [6.45, 7) is 4.09. The molecule has 0 aliphatic heterocycles. The molecule has 0 unspecified atom stereocenters. The summed E-state index contributed by atoms with van der Waals surface area (Å²) >= 11 is 0. The van der Waals surface area contributed by atoms with E-state index in [2.05, 4.69) is 0 Å². The molecule has 0 rings (SSSR count). The van der Waals surface area contributed by atoms with Crippen LogP contribution in [0.2, 0.25) is 0 Å². The molecule has 3 nitrogen and oxygen atoms in total. The second-order valence-corrected chi connectivity index (χ2v) is 5.58. The van der Waals surface area contributed by atoms with Crippen LogP contribution in [-0.4, -0.2) is 27.0 Å². The largest absolute Gasteiger partial charge is 0.330 e. The number of sulfone groups is 1. The van der Waals surface area contributed by atoms with E-state index in [0.717, 1.165) is 0 Å². The van der Waals surface area contributed by atoms with Crippen LogP contribution >= 0.6 is 12.4 Å². The van der Waals surface area contributed by atoms with Crippen molar-refractivity contribution >= 4 is 22.2 Å².